The number of anilines is 2. The molecule has 4 aromatic rings. The van der Waals surface area contributed by atoms with Crippen LogP contribution in [-0.4, -0.2) is 18.6 Å². The summed E-state index contributed by atoms with van der Waals surface area (Å²) in [6.07, 6.45) is 0. The van der Waals surface area contributed by atoms with Crippen LogP contribution in [0.1, 0.15) is 20.9 Å². The van der Waals surface area contributed by atoms with E-state index in [0.717, 1.165) is 6.07 Å². The number of benzene rings is 3. The summed E-state index contributed by atoms with van der Waals surface area (Å²) in [4.78, 5) is 25.8. The fourth-order valence-corrected chi connectivity index (χ4v) is 3.63. The molecule has 9 heteroatoms. The molecule has 0 fully saturated rings. The Morgan fingerprint density at radius 2 is 1.72 bits per heavy atom. The van der Waals surface area contributed by atoms with Gasteiger partial charge in [0, 0.05) is 17.1 Å². The first kappa shape index (κ1) is 19.9. The van der Waals surface area contributed by atoms with E-state index in [1.807, 2.05) is 0 Å². The van der Waals surface area contributed by atoms with Gasteiger partial charge in [-0.2, -0.15) is 0 Å². The van der Waals surface area contributed by atoms with Crippen LogP contribution in [0.3, 0.4) is 0 Å². The van der Waals surface area contributed by atoms with Crippen LogP contribution >= 0.6 is 11.6 Å². The maximum absolute atomic E-state index is 14.2. The highest BCUT2D eigenvalue weighted by molar-refractivity contribution is 6.34. The van der Waals surface area contributed by atoms with E-state index in [-0.39, 0.29) is 28.8 Å². The molecular weight excluding hydrogens is 439 g/mol. The summed E-state index contributed by atoms with van der Waals surface area (Å²) in [5, 5.41) is 5.70. The molecule has 5 rings (SSSR count). The lowest BCUT2D eigenvalue weighted by Crippen LogP contribution is -2.18. The van der Waals surface area contributed by atoms with Crippen molar-refractivity contribution in [1.82, 2.24) is 0 Å². The minimum absolute atomic E-state index is 0.0540. The molecule has 0 spiro atoms. The lowest BCUT2D eigenvalue weighted by Gasteiger charge is -2.09. The predicted octanol–water partition coefficient (Wildman–Crippen LogP) is 5.46. The summed E-state index contributed by atoms with van der Waals surface area (Å²) >= 11 is 6.01. The average molecular weight is 453 g/mol. The zero-order valence-electron chi connectivity index (χ0n) is 16.3. The molecule has 1 aliphatic heterocycles. The zero-order valence-corrected chi connectivity index (χ0v) is 17.0. The second-order valence-corrected chi connectivity index (χ2v) is 7.28. The molecule has 2 amide bonds. The van der Waals surface area contributed by atoms with E-state index < -0.39 is 17.6 Å². The highest BCUT2D eigenvalue weighted by atomic mass is 35.5. The predicted molar refractivity (Wildman–Crippen MR) is 116 cm³/mol. The van der Waals surface area contributed by atoms with Crippen LogP contribution in [0.15, 0.2) is 65.1 Å². The molecule has 160 valence electrons. The van der Waals surface area contributed by atoms with Crippen LogP contribution in [0.4, 0.5) is 15.8 Å². The second-order valence-electron chi connectivity index (χ2n) is 6.88. The minimum Gasteiger partial charge on any atom is -0.454 e. The first-order chi connectivity index (χ1) is 15.5. The summed E-state index contributed by atoms with van der Waals surface area (Å²) in [5.41, 5.74) is 0.581. The van der Waals surface area contributed by atoms with Gasteiger partial charge in [-0.05, 0) is 36.4 Å². The normalized spacial score (nSPS) is 12.1. The molecule has 0 saturated carbocycles. The standard InChI is InChI=1S/C23H14ClFN2O5/c24-14-5-3-6-15(25)19(14)22(28)27-20-13-4-1-2-7-16(13)32-21(20)23(29)26-12-8-9-17-18(10-12)31-11-30-17/h1-10H,11H2,(H,26,29)(H,27,28). The highest BCUT2D eigenvalue weighted by Gasteiger charge is 2.25. The Hall–Kier alpha value is -4.04. The van der Waals surface area contributed by atoms with E-state index in [4.69, 9.17) is 25.5 Å². The quantitative estimate of drug-likeness (QED) is 0.429. The topological polar surface area (TPSA) is 89.8 Å². The zero-order chi connectivity index (χ0) is 22.2. The Kier molecular flexibility index (Phi) is 4.91. The van der Waals surface area contributed by atoms with Crippen molar-refractivity contribution in [2.45, 2.75) is 0 Å². The molecule has 0 bridgehead atoms. The molecule has 0 radical (unpaired) electrons. The van der Waals surface area contributed by atoms with E-state index in [2.05, 4.69) is 10.6 Å². The second kappa shape index (κ2) is 7.90. The van der Waals surface area contributed by atoms with E-state index in [1.54, 1.807) is 42.5 Å². The van der Waals surface area contributed by atoms with Crippen molar-refractivity contribution in [3.63, 3.8) is 0 Å². The third-order valence-corrected chi connectivity index (χ3v) is 5.18. The van der Waals surface area contributed by atoms with Crippen LogP contribution < -0.4 is 20.1 Å². The number of amides is 2. The van der Waals surface area contributed by atoms with Crippen molar-refractivity contribution in [2.75, 3.05) is 17.4 Å². The molecular formula is C23H14ClFN2O5. The molecule has 2 heterocycles. The van der Waals surface area contributed by atoms with Crippen molar-refractivity contribution in [2.24, 2.45) is 0 Å². The number of furan rings is 1. The van der Waals surface area contributed by atoms with Crippen molar-refractivity contribution in [3.8, 4) is 11.5 Å². The van der Waals surface area contributed by atoms with Crippen molar-refractivity contribution >= 4 is 45.8 Å². The van der Waals surface area contributed by atoms with E-state index in [9.17, 15) is 14.0 Å². The summed E-state index contributed by atoms with van der Waals surface area (Å²) in [6.45, 7) is 0.102. The molecule has 1 aliphatic rings. The number of hydrogen-bond acceptors (Lipinski definition) is 5. The summed E-state index contributed by atoms with van der Waals surface area (Å²) < 4.78 is 30.5. The lowest BCUT2D eigenvalue weighted by molar-refractivity contribution is 0.0999. The number of hydrogen-bond donors (Lipinski definition) is 2. The monoisotopic (exact) mass is 452 g/mol. The number of carbonyl (C=O) groups is 2. The van der Waals surface area contributed by atoms with Crippen LogP contribution in [0, 0.1) is 5.82 Å². The van der Waals surface area contributed by atoms with Gasteiger partial charge >= 0.3 is 0 Å². The third-order valence-electron chi connectivity index (χ3n) is 4.86. The molecule has 0 aliphatic carbocycles. The maximum Gasteiger partial charge on any atom is 0.293 e. The Morgan fingerprint density at radius 3 is 2.56 bits per heavy atom. The first-order valence-corrected chi connectivity index (χ1v) is 9.87. The number of halogens is 2. The third kappa shape index (κ3) is 3.50. The van der Waals surface area contributed by atoms with Crippen molar-refractivity contribution in [3.05, 3.63) is 82.8 Å². The number of fused-ring (bicyclic) bond motifs is 2. The van der Waals surface area contributed by atoms with Gasteiger partial charge in [0.15, 0.2) is 11.5 Å². The number of carbonyl (C=O) groups excluding carboxylic acids is 2. The molecule has 32 heavy (non-hydrogen) atoms. The summed E-state index contributed by atoms with van der Waals surface area (Å²) in [6, 6.07) is 15.6. The Balaban J connectivity index is 1.50. The van der Waals surface area contributed by atoms with Gasteiger partial charge in [0.25, 0.3) is 11.8 Å². The van der Waals surface area contributed by atoms with E-state index >= 15 is 0 Å². The van der Waals surface area contributed by atoms with Gasteiger partial charge in [-0.25, -0.2) is 4.39 Å². The van der Waals surface area contributed by atoms with Gasteiger partial charge in [0.2, 0.25) is 12.6 Å². The van der Waals surface area contributed by atoms with Crippen molar-refractivity contribution < 1.29 is 27.9 Å². The van der Waals surface area contributed by atoms with Crippen molar-refractivity contribution in [1.29, 1.82) is 0 Å². The molecule has 0 saturated heterocycles. The fourth-order valence-electron chi connectivity index (χ4n) is 3.38. The number of ether oxygens (including phenoxy) is 2. The van der Waals surface area contributed by atoms with Gasteiger partial charge < -0.3 is 24.5 Å². The van der Waals surface area contributed by atoms with E-state index in [1.165, 1.54) is 12.1 Å². The van der Waals surface area contributed by atoms with Crippen LogP contribution in [0.5, 0.6) is 11.5 Å². The van der Waals surface area contributed by atoms with Gasteiger partial charge in [-0.1, -0.05) is 29.8 Å². The maximum atomic E-state index is 14.2. The SMILES string of the molecule is O=C(Nc1ccc2c(c1)OCO2)c1oc2ccccc2c1NC(=O)c1c(F)cccc1Cl. The van der Waals surface area contributed by atoms with Gasteiger partial charge in [0.1, 0.15) is 17.1 Å². The average Bonchev–Trinajstić information content (AvgIpc) is 3.38. The first-order valence-electron chi connectivity index (χ1n) is 9.49. The molecule has 1 aromatic heterocycles. The lowest BCUT2D eigenvalue weighted by atomic mass is 10.1. The Morgan fingerprint density at radius 1 is 0.906 bits per heavy atom. The Bertz CT molecular complexity index is 1360. The van der Waals surface area contributed by atoms with Gasteiger partial charge in [0.05, 0.1) is 10.6 Å². The smallest absolute Gasteiger partial charge is 0.293 e. The fraction of sp³-hybridized carbons (Fsp3) is 0.0435. The number of para-hydroxylation sites is 1. The summed E-state index contributed by atoms with van der Waals surface area (Å²) in [5.74, 6) is -1.29. The van der Waals surface area contributed by atoms with Gasteiger partial charge in [-0.3, -0.25) is 9.59 Å². The van der Waals surface area contributed by atoms with E-state index in [0.29, 0.717) is 28.2 Å². The molecule has 2 N–H and O–H groups in total. The Labute approximate surface area is 185 Å². The minimum atomic E-state index is -0.809. The van der Waals surface area contributed by atoms with Crippen LogP contribution in [0.25, 0.3) is 11.0 Å². The number of rotatable bonds is 4. The van der Waals surface area contributed by atoms with Gasteiger partial charge in [-0.15, -0.1) is 0 Å². The van der Waals surface area contributed by atoms with Crippen LogP contribution in [0.2, 0.25) is 5.02 Å². The molecule has 3 aromatic carbocycles. The molecule has 0 atom stereocenters. The molecule has 0 unspecified atom stereocenters. The molecule has 7 nitrogen and oxygen atoms in total. The highest BCUT2D eigenvalue weighted by Crippen LogP contribution is 2.36. The number of nitrogens with one attached hydrogen (secondary N) is 2. The summed E-state index contributed by atoms with van der Waals surface area (Å²) in [7, 11) is 0. The largest absolute Gasteiger partial charge is 0.454 e. The van der Waals surface area contributed by atoms with Crippen LogP contribution in [-0.2, 0) is 0 Å².